The molecule has 3 aromatic rings. The van der Waals surface area contributed by atoms with Crippen molar-refractivity contribution in [2.45, 2.75) is 38.8 Å². The first-order valence-electron chi connectivity index (χ1n) is 10.9. The Bertz CT molecular complexity index is 1060. The summed E-state index contributed by atoms with van der Waals surface area (Å²) in [5.41, 5.74) is 2.35. The monoisotopic (exact) mass is 451 g/mol. The lowest BCUT2D eigenvalue weighted by Crippen LogP contribution is -2.37. The highest BCUT2D eigenvalue weighted by Crippen LogP contribution is 2.35. The fourth-order valence-corrected chi connectivity index (χ4v) is 3.81. The van der Waals surface area contributed by atoms with E-state index in [1.165, 1.54) is 6.20 Å². The third kappa shape index (κ3) is 5.19. The summed E-state index contributed by atoms with van der Waals surface area (Å²) in [5, 5.41) is 3.38. The van der Waals surface area contributed by atoms with Crippen LogP contribution in [-0.2, 0) is 11.4 Å². The number of carbonyl (C=O) groups is 1. The van der Waals surface area contributed by atoms with Gasteiger partial charge in [0.05, 0.1) is 12.6 Å². The minimum atomic E-state index is -0.543. The van der Waals surface area contributed by atoms with Crippen molar-refractivity contribution < 1.29 is 14.3 Å². The highest BCUT2D eigenvalue weighted by atomic mass is 35.5. The largest absolute Gasteiger partial charge is 0.490 e. The number of hydrogen-bond donors (Lipinski definition) is 1. The summed E-state index contributed by atoms with van der Waals surface area (Å²) in [6.07, 6.45) is 5.99. The molecule has 1 unspecified atom stereocenters. The summed E-state index contributed by atoms with van der Waals surface area (Å²) >= 11 is 6.36. The third-order valence-corrected chi connectivity index (χ3v) is 5.84. The standard InChI is InChI=1S/C25H26ClN3O3/c1-2-31-20-12-11-19(15-21(20)32-16-17-7-4-3-5-8-17)22(23-24(26)28-14-13-27-23)29-25(30)18-9-6-10-18/h3-5,7-8,11-15,18,22H,2,6,9-10,16H2,1H3,(H,29,30). The molecule has 1 aliphatic carbocycles. The SMILES string of the molecule is CCOc1ccc(C(NC(=O)C2CCC2)c2nccnc2Cl)cc1OCc1ccccc1. The molecule has 1 amide bonds. The second-order valence-electron chi connectivity index (χ2n) is 7.72. The van der Waals surface area contributed by atoms with E-state index < -0.39 is 6.04 Å². The Balaban J connectivity index is 1.66. The summed E-state index contributed by atoms with van der Waals surface area (Å²) in [7, 11) is 0. The molecule has 4 rings (SSSR count). The van der Waals surface area contributed by atoms with Crippen LogP contribution in [-0.4, -0.2) is 22.5 Å². The number of carbonyl (C=O) groups excluding carboxylic acids is 1. The van der Waals surface area contributed by atoms with Gasteiger partial charge in [0.15, 0.2) is 16.7 Å². The minimum Gasteiger partial charge on any atom is -0.490 e. The fraction of sp³-hybridized carbons (Fsp3) is 0.320. The molecular formula is C25H26ClN3O3. The first-order valence-corrected chi connectivity index (χ1v) is 11.2. The normalized spacial score (nSPS) is 14.3. The lowest BCUT2D eigenvalue weighted by atomic mass is 9.84. The van der Waals surface area contributed by atoms with Gasteiger partial charge in [-0.15, -0.1) is 0 Å². The first kappa shape index (κ1) is 22.1. The van der Waals surface area contributed by atoms with Crippen LogP contribution in [0.5, 0.6) is 11.5 Å². The molecule has 0 saturated heterocycles. The summed E-state index contributed by atoms with van der Waals surface area (Å²) in [5.74, 6) is 1.27. The smallest absolute Gasteiger partial charge is 0.223 e. The molecule has 0 spiro atoms. The Hall–Kier alpha value is -3.12. The van der Waals surface area contributed by atoms with Crippen molar-refractivity contribution >= 4 is 17.5 Å². The van der Waals surface area contributed by atoms with E-state index in [2.05, 4.69) is 15.3 Å². The van der Waals surface area contributed by atoms with Crippen LogP contribution in [0.25, 0.3) is 0 Å². The Kier molecular flexibility index (Phi) is 7.22. The van der Waals surface area contributed by atoms with E-state index in [0.29, 0.717) is 30.4 Å². The van der Waals surface area contributed by atoms with Crippen LogP contribution in [0.2, 0.25) is 5.15 Å². The van der Waals surface area contributed by atoms with E-state index >= 15 is 0 Å². The zero-order valence-corrected chi connectivity index (χ0v) is 18.7. The van der Waals surface area contributed by atoms with Gasteiger partial charge in [-0.2, -0.15) is 0 Å². The molecule has 1 aliphatic rings. The van der Waals surface area contributed by atoms with Gasteiger partial charge in [0, 0.05) is 18.3 Å². The molecule has 1 saturated carbocycles. The summed E-state index contributed by atoms with van der Waals surface area (Å²) in [6, 6.07) is 15.0. The number of nitrogens with one attached hydrogen (secondary N) is 1. The lowest BCUT2D eigenvalue weighted by molar-refractivity contribution is -0.127. The molecule has 0 bridgehead atoms. The number of ether oxygens (including phenoxy) is 2. The van der Waals surface area contributed by atoms with Gasteiger partial charge in [-0.05, 0) is 43.0 Å². The second-order valence-corrected chi connectivity index (χ2v) is 8.07. The second kappa shape index (κ2) is 10.5. The molecule has 6 nitrogen and oxygen atoms in total. The molecular weight excluding hydrogens is 426 g/mol. The number of aromatic nitrogens is 2. The average Bonchev–Trinajstić information content (AvgIpc) is 2.77. The molecule has 1 fully saturated rings. The average molecular weight is 452 g/mol. The van der Waals surface area contributed by atoms with E-state index in [1.807, 2.05) is 55.5 Å². The maximum absolute atomic E-state index is 12.8. The molecule has 7 heteroatoms. The number of amides is 1. The fourth-order valence-electron chi connectivity index (χ4n) is 3.59. The number of nitrogens with zero attached hydrogens (tertiary/aromatic N) is 2. The van der Waals surface area contributed by atoms with Gasteiger partial charge in [-0.3, -0.25) is 9.78 Å². The van der Waals surface area contributed by atoms with Crippen molar-refractivity contribution in [3.8, 4) is 11.5 Å². The van der Waals surface area contributed by atoms with E-state index in [4.69, 9.17) is 21.1 Å². The van der Waals surface area contributed by atoms with Gasteiger partial charge in [0.25, 0.3) is 0 Å². The Labute approximate surface area is 193 Å². The third-order valence-electron chi connectivity index (χ3n) is 5.55. The van der Waals surface area contributed by atoms with Crippen molar-refractivity contribution in [2.75, 3.05) is 6.61 Å². The predicted octanol–water partition coefficient (Wildman–Crippen LogP) is 5.11. The van der Waals surface area contributed by atoms with E-state index in [-0.39, 0.29) is 17.0 Å². The number of hydrogen-bond acceptors (Lipinski definition) is 5. The van der Waals surface area contributed by atoms with Gasteiger partial charge >= 0.3 is 0 Å². The zero-order chi connectivity index (χ0) is 22.3. The molecule has 1 atom stereocenters. The maximum Gasteiger partial charge on any atom is 0.223 e. The van der Waals surface area contributed by atoms with Gasteiger partial charge in [0.1, 0.15) is 12.3 Å². The molecule has 1 aromatic heterocycles. The Morgan fingerprint density at radius 1 is 1.09 bits per heavy atom. The number of benzene rings is 2. The molecule has 1 N–H and O–H groups in total. The summed E-state index contributed by atoms with van der Waals surface area (Å²) in [6.45, 7) is 2.84. The van der Waals surface area contributed by atoms with Crippen LogP contribution < -0.4 is 14.8 Å². The van der Waals surface area contributed by atoms with Crippen molar-refractivity contribution in [1.29, 1.82) is 0 Å². The van der Waals surface area contributed by atoms with E-state index in [0.717, 1.165) is 30.4 Å². The Morgan fingerprint density at radius 3 is 2.56 bits per heavy atom. The topological polar surface area (TPSA) is 73.3 Å². The van der Waals surface area contributed by atoms with Crippen LogP contribution in [0, 0.1) is 5.92 Å². The van der Waals surface area contributed by atoms with Crippen molar-refractivity contribution in [3.05, 3.63) is 82.9 Å². The van der Waals surface area contributed by atoms with Crippen molar-refractivity contribution in [2.24, 2.45) is 5.92 Å². The molecule has 1 heterocycles. The van der Waals surface area contributed by atoms with Crippen molar-refractivity contribution in [3.63, 3.8) is 0 Å². The molecule has 0 radical (unpaired) electrons. The quantitative estimate of drug-likeness (QED) is 0.489. The molecule has 32 heavy (non-hydrogen) atoms. The zero-order valence-electron chi connectivity index (χ0n) is 18.0. The van der Waals surface area contributed by atoms with Crippen LogP contribution in [0.15, 0.2) is 60.9 Å². The summed E-state index contributed by atoms with van der Waals surface area (Å²) < 4.78 is 11.9. The highest BCUT2D eigenvalue weighted by Gasteiger charge is 2.30. The van der Waals surface area contributed by atoms with E-state index in [9.17, 15) is 4.79 Å². The van der Waals surface area contributed by atoms with Crippen LogP contribution in [0.3, 0.4) is 0 Å². The Morgan fingerprint density at radius 2 is 1.88 bits per heavy atom. The molecule has 0 aliphatic heterocycles. The summed E-state index contributed by atoms with van der Waals surface area (Å²) in [4.78, 5) is 21.4. The van der Waals surface area contributed by atoms with Gasteiger partial charge in [-0.1, -0.05) is 54.4 Å². The van der Waals surface area contributed by atoms with Gasteiger partial charge in [0.2, 0.25) is 5.91 Å². The van der Waals surface area contributed by atoms with Crippen molar-refractivity contribution in [1.82, 2.24) is 15.3 Å². The van der Waals surface area contributed by atoms with Crippen LogP contribution in [0.1, 0.15) is 49.0 Å². The lowest BCUT2D eigenvalue weighted by Gasteiger charge is -2.28. The van der Waals surface area contributed by atoms with Crippen LogP contribution >= 0.6 is 11.6 Å². The van der Waals surface area contributed by atoms with Gasteiger partial charge < -0.3 is 14.8 Å². The van der Waals surface area contributed by atoms with Gasteiger partial charge in [-0.25, -0.2) is 4.98 Å². The highest BCUT2D eigenvalue weighted by molar-refractivity contribution is 6.30. The predicted molar refractivity (Wildman–Crippen MR) is 123 cm³/mol. The first-order chi connectivity index (χ1) is 15.7. The molecule has 2 aromatic carbocycles. The molecule has 166 valence electrons. The minimum absolute atomic E-state index is 0.00334. The van der Waals surface area contributed by atoms with Crippen LogP contribution in [0.4, 0.5) is 0 Å². The number of rotatable bonds is 9. The number of halogens is 1. The maximum atomic E-state index is 12.8. The van der Waals surface area contributed by atoms with E-state index in [1.54, 1.807) is 6.20 Å².